The summed E-state index contributed by atoms with van der Waals surface area (Å²) in [5, 5.41) is 11.3. The molecular formula is C25H18NO2S. The van der Waals surface area contributed by atoms with E-state index in [4.69, 9.17) is 0 Å². The maximum Gasteiger partial charge on any atom is 0.283 e. The van der Waals surface area contributed by atoms with E-state index in [1.165, 1.54) is 17.8 Å². The van der Waals surface area contributed by atoms with E-state index in [9.17, 15) is 10.1 Å². The minimum absolute atomic E-state index is 0.127. The highest BCUT2D eigenvalue weighted by Gasteiger charge is 2.18. The van der Waals surface area contributed by atoms with Gasteiger partial charge in [0.05, 0.1) is 15.7 Å². The molecular weight excluding hydrogens is 378 g/mol. The molecule has 0 heterocycles. The number of nitro groups is 1. The highest BCUT2D eigenvalue weighted by Crippen LogP contribution is 2.36. The molecule has 0 bridgehead atoms. The first-order valence-electron chi connectivity index (χ1n) is 9.22. The molecule has 0 aromatic heterocycles. The Morgan fingerprint density at radius 3 is 1.66 bits per heavy atom. The first kappa shape index (κ1) is 19.0. The first-order valence-corrected chi connectivity index (χ1v) is 10.0. The summed E-state index contributed by atoms with van der Waals surface area (Å²) in [5.74, 6) is 1.16. The Morgan fingerprint density at radius 1 is 0.621 bits per heavy atom. The van der Waals surface area contributed by atoms with Gasteiger partial charge in [-0.25, -0.2) is 0 Å². The molecule has 3 nitrogen and oxygen atoms in total. The van der Waals surface area contributed by atoms with Crippen LogP contribution in [0.5, 0.6) is 0 Å². The predicted molar refractivity (Wildman–Crippen MR) is 117 cm³/mol. The second-order valence-electron chi connectivity index (χ2n) is 6.46. The zero-order valence-corrected chi connectivity index (χ0v) is 16.4. The van der Waals surface area contributed by atoms with E-state index in [1.807, 2.05) is 54.6 Å². The molecule has 0 spiro atoms. The van der Waals surface area contributed by atoms with Gasteiger partial charge in [-0.05, 0) is 34.9 Å². The Hall–Kier alpha value is -3.37. The smallest absolute Gasteiger partial charge is 0.258 e. The largest absolute Gasteiger partial charge is 0.283 e. The predicted octanol–water partition coefficient (Wildman–Crippen LogP) is 6.77. The molecule has 141 valence electrons. The Morgan fingerprint density at radius 2 is 1.10 bits per heavy atom. The van der Waals surface area contributed by atoms with Gasteiger partial charge < -0.3 is 0 Å². The summed E-state index contributed by atoms with van der Waals surface area (Å²) in [6.07, 6.45) is 0. The van der Waals surface area contributed by atoms with Crippen molar-refractivity contribution < 1.29 is 4.92 Å². The number of benzene rings is 4. The summed E-state index contributed by atoms with van der Waals surface area (Å²) in [6, 6.07) is 35.6. The van der Waals surface area contributed by atoms with Gasteiger partial charge in [0.1, 0.15) is 0 Å². The summed E-state index contributed by atoms with van der Waals surface area (Å²) in [6.45, 7) is 0. The van der Waals surface area contributed by atoms with Gasteiger partial charge in [0, 0.05) is 11.0 Å². The average Bonchev–Trinajstić information content (AvgIpc) is 2.77. The molecule has 4 rings (SSSR count). The van der Waals surface area contributed by atoms with Crippen LogP contribution < -0.4 is 0 Å². The van der Waals surface area contributed by atoms with E-state index < -0.39 is 0 Å². The van der Waals surface area contributed by atoms with Crippen molar-refractivity contribution in [1.29, 1.82) is 0 Å². The molecule has 0 aliphatic carbocycles. The summed E-state index contributed by atoms with van der Waals surface area (Å²) in [7, 11) is 0. The van der Waals surface area contributed by atoms with E-state index in [0.29, 0.717) is 4.90 Å². The van der Waals surface area contributed by atoms with Gasteiger partial charge >= 0.3 is 0 Å². The Balaban J connectivity index is 1.66. The van der Waals surface area contributed by atoms with Crippen molar-refractivity contribution in [3.05, 3.63) is 142 Å². The Bertz CT molecular complexity index is 1060. The van der Waals surface area contributed by atoms with Crippen molar-refractivity contribution in [1.82, 2.24) is 0 Å². The molecule has 4 aromatic rings. The molecule has 0 unspecified atom stereocenters. The highest BCUT2D eigenvalue weighted by atomic mass is 32.2. The maximum atomic E-state index is 11.3. The fourth-order valence-corrected chi connectivity index (χ4v) is 4.14. The second kappa shape index (κ2) is 8.76. The van der Waals surface area contributed by atoms with Gasteiger partial charge in [-0.1, -0.05) is 96.7 Å². The van der Waals surface area contributed by atoms with Crippen LogP contribution in [0.3, 0.4) is 0 Å². The monoisotopic (exact) mass is 396 g/mol. The molecule has 0 aliphatic rings. The van der Waals surface area contributed by atoms with Gasteiger partial charge in [0.15, 0.2) is 0 Å². The second-order valence-corrected chi connectivity index (χ2v) is 7.57. The third-order valence-electron chi connectivity index (χ3n) is 4.56. The highest BCUT2D eigenvalue weighted by molar-refractivity contribution is 7.99. The van der Waals surface area contributed by atoms with E-state index in [0.717, 1.165) is 27.5 Å². The normalized spacial score (nSPS) is 10.8. The summed E-state index contributed by atoms with van der Waals surface area (Å²) >= 11 is 1.40. The maximum absolute atomic E-state index is 11.3. The van der Waals surface area contributed by atoms with Crippen LogP contribution in [-0.2, 0) is 0 Å². The minimum atomic E-state index is -0.340. The van der Waals surface area contributed by atoms with E-state index in [1.54, 1.807) is 12.1 Å². The first-order chi connectivity index (χ1) is 14.2. The fourth-order valence-electron chi connectivity index (χ4n) is 3.22. The van der Waals surface area contributed by atoms with Gasteiger partial charge in [-0.2, -0.15) is 0 Å². The van der Waals surface area contributed by atoms with Gasteiger partial charge in [-0.3, -0.25) is 10.1 Å². The molecule has 29 heavy (non-hydrogen) atoms. The lowest BCUT2D eigenvalue weighted by molar-refractivity contribution is -0.387. The van der Waals surface area contributed by atoms with Crippen LogP contribution in [0.2, 0.25) is 0 Å². The van der Waals surface area contributed by atoms with Crippen LogP contribution in [0.25, 0.3) is 0 Å². The van der Waals surface area contributed by atoms with Crippen LogP contribution >= 0.6 is 11.8 Å². The van der Waals surface area contributed by atoms with Crippen LogP contribution in [-0.4, -0.2) is 4.92 Å². The molecule has 0 aliphatic heterocycles. The SMILES string of the molecule is O=[N+]([O-])c1ccccc1Sc1ccc([C](c2ccccc2)c2ccccc2)cc1. The number of para-hydroxylation sites is 1. The number of nitro benzene ring substituents is 1. The lowest BCUT2D eigenvalue weighted by atomic mass is 9.85. The molecule has 0 N–H and O–H groups in total. The number of hydrogen-bond acceptors (Lipinski definition) is 3. The van der Waals surface area contributed by atoms with Crippen molar-refractivity contribution in [2.45, 2.75) is 9.79 Å². The quantitative estimate of drug-likeness (QED) is 0.205. The lowest BCUT2D eigenvalue weighted by Crippen LogP contribution is -2.04. The van der Waals surface area contributed by atoms with E-state index >= 15 is 0 Å². The van der Waals surface area contributed by atoms with E-state index in [-0.39, 0.29) is 10.6 Å². The molecule has 0 amide bonds. The molecule has 4 heteroatoms. The lowest BCUT2D eigenvalue weighted by Gasteiger charge is -2.18. The average molecular weight is 396 g/mol. The van der Waals surface area contributed by atoms with E-state index in [2.05, 4.69) is 36.4 Å². The zero-order chi connectivity index (χ0) is 20.1. The number of rotatable bonds is 6. The van der Waals surface area contributed by atoms with Crippen LogP contribution in [0.4, 0.5) is 5.69 Å². The molecule has 0 saturated carbocycles. The van der Waals surface area contributed by atoms with Crippen molar-refractivity contribution >= 4 is 17.4 Å². The summed E-state index contributed by atoms with van der Waals surface area (Å²) < 4.78 is 0. The van der Waals surface area contributed by atoms with Gasteiger partial charge in [0.25, 0.3) is 5.69 Å². The van der Waals surface area contributed by atoms with Crippen molar-refractivity contribution in [3.63, 3.8) is 0 Å². The zero-order valence-electron chi connectivity index (χ0n) is 15.6. The fraction of sp³-hybridized carbons (Fsp3) is 0. The van der Waals surface area contributed by atoms with Crippen LogP contribution in [0.1, 0.15) is 16.7 Å². The Kier molecular flexibility index (Phi) is 5.73. The van der Waals surface area contributed by atoms with Gasteiger partial charge in [-0.15, -0.1) is 0 Å². The summed E-state index contributed by atoms with van der Waals surface area (Å²) in [4.78, 5) is 12.5. The topological polar surface area (TPSA) is 43.1 Å². The molecule has 1 radical (unpaired) electrons. The Labute approximate surface area is 174 Å². The standard InChI is InChI=1S/C25H18NO2S/c27-26(28)23-13-7-8-14-24(23)29-22-17-15-21(16-18-22)25(19-9-3-1-4-10-19)20-11-5-2-6-12-20/h1-18H. The van der Waals surface area contributed by atoms with Crippen molar-refractivity contribution in [2.75, 3.05) is 0 Å². The number of hydrogen-bond donors (Lipinski definition) is 0. The third kappa shape index (κ3) is 4.39. The number of nitrogens with zero attached hydrogens (tertiary/aromatic N) is 1. The molecule has 4 aromatic carbocycles. The molecule has 0 saturated heterocycles. The third-order valence-corrected chi connectivity index (χ3v) is 5.63. The van der Waals surface area contributed by atoms with Crippen LogP contribution in [0, 0.1) is 16.0 Å². The summed E-state index contributed by atoms with van der Waals surface area (Å²) in [5.41, 5.74) is 3.53. The van der Waals surface area contributed by atoms with Crippen molar-refractivity contribution in [3.8, 4) is 0 Å². The minimum Gasteiger partial charge on any atom is -0.258 e. The van der Waals surface area contributed by atoms with Gasteiger partial charge in [0.2, 0.25) is 0 Å². The molecule has 0 fully saturated rings. The van der Waals surface area contributed by atoms with Crippen LogP contribution in [0.15, 0.2) is 119 Å². The van der Waals surface area contributed by atoms with Crippen molar-refractivity contribution in [2.24, 2.45) is 0 Å². The molecule has 0 atom stereocenters.